The Kier molecular flexibility index (Phi) is 4.24. The average Bonchev–Trinajstić information content (AvgIpc) is 2.32. The van der Waals surface area contributed by atoms with E-state index in [9.17, 15) is 4.79 Å². The number of aryl methyl sites for hydroxylation is 1. The van der Waals surface area contributed by atoms with Crippen molar-refractivity contribution in [3.63, 3.8) is 0 Å². The zero-order valence-corrected chi connectivity index (χ0v) is 11.3. The van der Waals surface area contributed by atoms with Crippen molar-refractivity contribution >= 4 is 11.6 Å². The van der Waals surface area contributed by atoms with Crippen molar-refractivity contribution in [3.8, 4) is 0 Å². The van der Waals surface area contributed by atoms with Crippen LogP contribution in [-0.2, 0) is 0 Å². The van der Waals surface area contributed by atoms with Gasteiger partial charge in [0.2, 0.25) is 0 Å². The van der Waals surface area contributed by atoms with E-state index in [1.807, 2.05) is 25.1 Å². The van der Waals surface area contributed by atoms with Gasteiger partial charge in [-0.1, -0.05) is 18.6 Å². The second kappa shape index (κ2) is 5.89. The van der Waals surface area contributed by atoms with Crippen molar-refractivity contribution in [2.75, 3.05) is 11.9 Å². The molecule has 1 amide bonds. The summed E-state index contributed by atoms with van der Waals surface area (Å²) in [5, 5.41) is 6.42. The fourth-order valence-electron chi connectivity index (χ4n) is 2.08. The van der Waals surface area contributed by atoms with E-state index in [0.717, 1.165) is 42.6 Å². The highest BCUT2D eigenvalue weighted by Crippen LogP contribution is 2.21. The third-order valence-electron chi connectivity index (χ3n) is 3.43. The number of anilines is 1. The van der Waals surface area contributed by atoms with Crippen molar-refractivity contribution in [2.24, 2.45) is 0 Å². The lowest BCUT2D eigenvalue weighted by atomic mass is 9.93. The smallest absolute Gasteiger partial charge is 0.253 e. The van der Waals surface area contributed by atoms with Crippen molar-refractivity contribution in [2.45, 2.75) is 45.6 Å². The molecule has 3 heteroatoms. The van der Waals surface area contributed by atoms with Gasteiger partial charge in [-0.05, 0) is 44.7 Å². The quantitative estimate of drug-likeness (QED) is 0.838. The van der Waals surface area contributed by atoms with Crippen LogP contribution in [0.1, 0.15) is 48.5 Å². The van der Waals surface area contributed by atoms with Crippen molar-refractivity contribution in [3.05, 3.63) is 29.3 Å². The predicted octanol–water partition coefficient (Wildman–Crippen LogP) is 3.10. The zero-order chi connectivity index (χ0) is 13.0. The fourth-order valence-corrected chi connectivity index (χ4v) is 2.08. The normalized spacial score (nSPS) is 15.0. The van der Waals surface area contributed by atoms with Crippen LogP contribution >= 0.6 is 0 Å². The minimum absolute atomic E-state index is 0.0574. The SMILES string of the molecule is CCCNc1ccc(C)cc1C(=O)NC1CCC1. The first-order valence-electron chi connectivity index (χ1n) is 6.86. The highest BCUT2D eigenvalue weighted by atomic mass is 16.1. The Morgan fingerprint density at radius 1 is 1.39 bits per heavy atom. The van der Waals surface area contributed by atoms with Crippen LogP contribution in [0.25, 0.3) is 0 Å². The third kappa shape index (κ3) is 3.03. The number of hydrogen-bond acceptors (Lipinski definition) is 2. The minimum atomic E-state index is 0.0574. The molecule has 98 valence electrons. The molecular weight excluding hydrogens is 224 g/mol. The van der Waals surface area contributed by atoms with Gasteiger partial charge in [0, 0.05) is 18.3 Å². The number of nitrogens with one attached hydrogen (secondary N) is 2. The summed E-state index contributed by atoms with van der Waals surface area (Å²) in [4.78, 5) is 12.2. The van der Waals surface area contributed by atoms with E-state index in [4.69, 9.17) is 0 Å². The van der Waals surface area contributed by atoms with Crippen LogP contribution in [-0.4, -0.2) is 18.5 Å². The Morgan fingerprint density at radius 2 is 2.17 bits per heavy atom. The molecule has 0 aromatic heterocycles. The predicted molar refractivity (Wildman–Crippen MR) is 75.1 cm³/mol. The maximum atomic E-state index is 12.2. The van der Waals surface area contributed by atoms with Crippen LogP contribution in [0.5, 0.6) is 0 Å². The molecule has 1 aliphatic rings. The molecule has 1 fully saturated rings. The highest BCUT2D eigenvalue weighted by Gasteiger charge is 2.21. The molecule has 0 bridgehead atoms. The van der Waals surface area contributed by atoms with Crippen molar-refractivity contribution in [1.29, 1.82) is 0 Å². The Bertz CT molecular complexity index is 425. The van der Waals surface area contributed by atoms with Gasteiger partial charge in [0.1, 0.15) is 0 Å². The number of hydrogen-bond donors (Lipinski definition) is 2. The molecule has 0 spiro atoms. The first-order valence-corrected chi connectivity index (χ1v) is 6.86. The maximum Gasteiger partial charge on any atom is 0.253 e. The van der Waals surface area contributed by atoms with E-state index < -0.39 is 0 Å². The summed E-state index contributed by atoms with van der Waals surface area (Å²) in [5.74, 6) is 0.0574. The van der Waals surface area contributed by atoms with Gasteiger partial charge in [-0.2, -0.15) is 0 Å². The Hall–Kier alpha value is -1.51. The second-order valence-corrected chi connectivity index (χ2v) is 5.08. The molecule has 1 saturated carbocycles. The van der Waals surface area contributed by atoms with Gasteiger partial charge < -0.3 is 10.6 Å². The highest BCUT2D eigenvalue weighted by molar-refractivity contribution is 6.00. The van der Waals surface area contributed by atoms with Crippen LogP contribution in [0.3, 0.4) is 0 Å². The molecule has 0 aliphatic heterocycles. The Morgan fingerprint density at radius 3 is 2.78 bits per heavy atom. The van der Waals surface area contributed by atoms with Gasteiger partial charge in [0.15, 0.2) is 0 Å². The molecule has 1 aliphatic carbocycles. The van der Waals surface area contributed by atoms with Crippen molar-refractivity contribution < 1.29 is 4.79 Å². The number of amides is 1. The van der Waals surface area contributed by atoms with E-state index in [1.54, 1.807) is 0 Å². The lowest BCUT2D eigenvalue weighted by Crippen LogP contribution is -2.39. The van der Waals surface area contributed by atoms with Crippen LogP contribution in [0.15, 0.2) is 18.2 Å². The Labute approximate surface area is 109 Å². The molecule has 1 aromatic rings. The van der Waals surface area contributed by atoms with Crippen molar-refractivity contribution in [1.82, 2.24) is 5.32 Å². The third-order valence-corrected chi connectivity index (χ3v) is 3.43. The van der Waals surface area contributed by atoms with E-state index in [1.165, 1.54) is 6.42 Å². The summed E-state index contributed by atoms with van der Waals surface area (Å²) in [6.07, 6.45) is 4.53. The minimum Gasteiger partial charge on any atom is -0.384 e. The zero-order valence-electron chi connectivity index (χ0n) is 11.3. The van der Waals surface area contributed by atoms with Gasteiger partial charge in [0.25, 0.3) is 5.91 Å². The fraction of sp³-hybridized carbons (Fsp3) is 0.533. The molecule has 0 unspecified atom stereocenters. The molecule has 18 heavy (non-hydrogen) atoms. The summed E-state index contributed by atoms with van der Waals surface area (Å²) in [6, 6.07) is 6.39. The summed E-state index contributed by atoms with van der Waals surface area (Å²) >= 11 is 0. The molecular formula is C15H22N2O. The number of carbonyl (C=O) groups is 1. The van der Waals surface area contributed by atoms with Gasteiger partial charge in [0.05, 0.1) is 5.56 Å². The van der Waals surface area contributed by atoms with E-state index in [0.29, 0.717) is 6.04 Å². The summed E-state index contributed by atoms with van der Waals surface area (Å²) in [5.41, 5.74) is 2.84. The lowest BCUT2D eigenvalue weighted by molar-refractivity contribution is 0.0917. The molecule has 2 N–H and O–H groups in total. The Balaban J connectivity index is 2.11. The van der Waals surface area contributed by atoms with E-state index in [-0.39, 0.29) is 5.91 Å². The van der Waals surface area contributed by atoms with Crippen LogP contribution in [0.2, 0.25) is 0 Å². The van der Waals surface area contributed by atoms with Gasteiger partial charge in [-0.25, -0.2) is 0 Å². The average molecular weight is 246 g/mol. The number of benzene rings is 1. The van der Waals surface area contributed by atoms with Gasteiger partial charge >= 0.3 is 0 Å². The first-order chi connectivity index (χ1) is 8.70. The summed E-state index contributed by atoms with van der Waals surface area (Å²) in [7, 11) is 0. The van der Waals surface area contributed by atoms with Gasteiger partial charge in [-0.15, -0.1) is 0 Å². The molecule has 0 radical (unpaired) electrons. The second-order valence-electron chi connectivity index (χ2n) is 5.08. The number of carbonyl (C=O) groups excluding carboxylic acids is 1. The van der Waals surface area contributed by atoms with Crippen LogP contribution < -0.4 is 10.6 Å². The first kappa shape index (κ1) is 12.9. The van der Waals surface area contributed by atoms with E-state index >= 15 is 0 Å². The maximum absolute atomic E-state index is 12.2. The monoisotopic (exact) mass is 246 g/mol. The number of rotatable bonds is 5. The summed E-state index contributed by atoms with van der Waals surface area (Å²) in [6.45, 7) is 5.03. The van der Waals surface area contributed by atoms with Crippen LogP contribution in [0.4, 0.5) is 5.69 Å². The molecule has 3 nitrogen and oxygen atoms in total. The largest absolute Gasteiger partial charge is 0.384 e. The lowest BCUT2D eigenvalue weighted by Gasteiger charge is -2.27. The molecule has 1 aromatic carbocycles. The molecule has 0 heterocycles. The van der Waals surface area contributed by atoms with Crippen LogP contribution in [0, 0.1) is 6.92 Å². The molecule has 0 saturated heterocycles. The topological polar surface area (TPSA) is 41.1 Å². The molecule has 2 rings (SSSR count). The van der Waals surface area contributed by atoms with E-state index in [2.05, 4.69) is 17.6 Å². The summed E-state index contributed by atoms with van der Waals surface area (Å²) < 4.78 is 0. The van der Waals surface area contributed by atoms with Gasteiger partial charge in [-0.3, -0.25) is 4.79 Å². The molecule has 0 atom stereocenters. The standard InChI is InChI=1S/C15H22N2O/c1-3-9-16-14-8-7-11(2)10-13(14)15(18)17-12-5-4-6-12/h7-8,10,12,16H,3-6,9H2,1-2H3,(H,17,18).